The molecule has 5 rings (SSSR count). The van der Waals surface area contributed by atoms with Crippen LogP contribution in [0.1, 0.15) is 5.89 Å². The molecular weight excluding hydrogens is 477 g/mol. The summed E-state index contributed by atoms with van der Waals surface area (Å²) < 4.78 is 27.2. The average molecular weight is 494 g/mol. The molecular formula is C24H17ClFN5O2S. The van der Waals surface area contributed by atoms with Gasteiger partial charge in [-0.2, -0.15) is 4.98 Å². The van der Waals surface area contributed by atoms with Crippen molar-refractivity contribution in [3.63, 3.8) is 0 Å². The highest BCUT2D eigenvalue weighted by molar-refractivity contribution is 7.98. The van der Waals surface area contributed by atoms with Crippen LogP contribution in [0.3, 0.4) is 0 Å². The molecule has 0 amide bonds. The molecule has 0 spiro atoms. The van der Waals surface area contributed by atoms with E-state index in [1.807, 2.05) is 42.5 Å². The minimum absolute atomic E-state index is 0.303. The van der Waals surface area contributed by atoms with Gasteiger partial charge in [0.1, 0.15) is 11.6 Å². The van der Waals surface area contributed by atoms with Crippen LogP contribution in [-0.2, 0) is 5.75 Å². The van der Waals surface area contributed by atoms with Gasteiger partial charge in [0, 0.05) is 5.56 Å². The highest BCUT2D eigenvalue weighted by Crippen LogP contribution is 2.34. The second-order valence-corrected chi connectivity index (χ2v) is 8.42. The molecule has 7 nitrogen and oxygen atoms in total. The van der Waals surface area contributed by atoms with Crippen LogP contribution < -0.4 is 4.74 Å². The van der Waals surface area contributed by atoms with Gasteiger partial charge in [-0.1, -0.05) is 64.9 Å². The Morgan fingerprint density at radius 1 is 0.971 bits per heavy atom. The monoisotopic (exact) mass is 493 g/mol. The largest absolute Gasteiger partial charge is 0.496 e. The molecule has 0 saturated heterocycles. The van der Waals surface area contributed by atoms with E-state index in [-0.39, 0.29) is 0 Å². The van der Waals surface area contributed by atoms with Crippen LogP contribution in [0, 0.1) is 5.82 Å². The van der Waals surface area contributed by atoms with E-state index in [9.17, 15) is 4.39 Å². The van der Waals surface area contributed by atoms with E-state index < -0.39 is 5.82 Å². The van der Waals surface area contributed by atoms with Gasteiger partial charge in [-0.3, -0.25) is 4.57 Å². The summed E-state index contributed by atoms with van der Waals surface area (Å²) in [5.41, 5.74) is 1.67. The summed E-state index contributed by atoms with van der Waals surface area (Å²) in [5, 5.41) is 13.6. The van der Waals surface area contributed by atoms with Gasteiger partial charge in [-0.15, -0.1) is 10.2 Å². The number of hydrogen-bond donors (Lipinski definition) is 0. The zero-order valence-corrected chi connectivity index (χ0v) is 19.4. The second kappa shape index (κ2) is 9.66. The van der Waals surface area contributed by atoms with Gasteiger partial charge in [0.25, 0.3) is 0 Å². The predicted octanol–water partition coefficient (Wildman–Crippen LogP) is 6.08. The zero-order valence-electron chi connectivity index (χ0n) is 17.9. The Morgan fingerprint density at radius 2 is 1.71 bits per heavy atom. The lowest BCUT2D eigenvalue weighted by Crippen LogP contribution is -2.02. The first-order valence-corrected chi connectivity index (χ1v) is 11.6. The maximum Gasteiger partial charge on any atom is 0.237 e. The fraction of sp³-hybridized carbons (Fsp3) is 0.0833. The molecule has 0 aliphatic carbocycles. The van der Waals surface area contributed by atoms with Crippen molar-refractivity contribution in [2.75, 3.05) is 7.11 Å². The van der Waals surface area contributed by atoms with Crippen molar-refractivity contribution in [1.29, 1.82) is 0 Å². The van der Waals surface area contributed by atoms with Crippen molar-refractivity contribution in [2.24, 2.45) is 0 Å². The van der Waals surface area contributed by atoms with Gasteiger partial charge >= 0.3 is 0 Å². The maximum atomic E-state index is 14.8. The van der Waals surface area contributed by atoms with Crippen LogP contribution in [0.25, 0.3) is 28.5 Å². The Hall–Kier alpha value is -3.69. The van der Waals surface area contributed by atoms with Gasteiger partial charge in [-0.25, -0.2) is 4.39 Å². The minimum atomic E-state index is -0.409. The fourth-order valence-electron chi connectivity index (χ4n) is 3.41. The molecule has 0 unspecified atom stereocenters. The summed E-state index contributed by atoms with van der Waals surface area (Å²) in [7, 11) is 1.59. The molecule has 0 aliphatic heterocycles. The van der Waals surface area contributed by atoms with Crippen molar-refractivity contribution >= 4 is 23.4 Å². The number of thioether (sulfide) groups is 1. The molecule has 0 bridgehead atoms. The van der Waals surface area contributed by atoms with Gasteiger partial charge in [0.05, 0.1) is 29.1 Å². The van der Waals surface area contributed by atoms with Crippen LogP contribution in [0.4, 0.5) is 4.39 Å². The number of rotatable bonds is 7. The molecule has 10 heteroatoms. The molecule has 5 aromatic rings. The Kier molecular flexibility index (Phi) is 6.29. The molecule has 2 aromatic heterocycles. The van der Waals surface area contributed by atoms with Gasteiger partial charge in [0.15, 0.2) is 11.0 Å². The lowest BCUT2D eigenvalue weighted by Gasteiger charge is -2.11. The van der Waals surface area contributed by atoms with E-state index in [4.69, 9.17) is 20.9 Å². The zero-order chi connectivity index (χ0) is 23.5. The predicted molar refractivity (Wildman–Crippen MR) is 128 cm³/mol. The number of nitrogens with zero attached hydrogens (tertiary/aromatic N) is 5. The van der Waals surface area contributed by atoms with Gasteiger partial charge in [0.2, 0.25) is 11.7 Å². The first kappa shape index (κ1) is 22.1. The SMILES string of the molecule is COc1ccccc1-c1noc(CSc2nnc(-c3ccccc3Cl)n2-c2ccccc2F)n1. The number of methoxy groups -OCH3 is 1. The number of para-hydroxylation sites is 2. The Bertz CT molecular complexity index is 1450. The Morgan fingerprint density at radius 3 is 2.50 bits per heavy atom. The summed E-state index contributed by atoms with van der Waals surface area (Å²) in [6, 6.07) is 21.1. The molecule has 0 fully saturated rings. The summed E-state index contributed by atoms with van der Waals surface area (Å²) >= 11 is 7.70. The normalized spacial score (nSPS) is 11.0. The number of hydrogen-bond acceptors (Lipinski definition) is 7. The molecule has 34 heavy (non-hydrogen) atoms. The van der Waals surface area contributed by atoms with E-state index in [1.54, 1.807) is 35.9 Å². The first-order chi connectivity index (χ1) is 16.7. The van der Waals surface area contributed by atoms with Crippen molar-refractivity contribution in [2.45, 2.75) is 10.9 Å². The van der Waals surface area contributed by atoms with Crippen molar-refractivity contribution < 1.29 is 13.7 Å². The van der Waals surface area contributed by atoms with E-state index in [1.165, 1.54) is 17.8 Å². The molecule has 0 N–H and O–H groups in total. The van der Waals surface area contributed by atoms with Crippen LogP contribution in [-0.4, -0.2) is 32.0 Å². The van der Waals surface area contributed by atoms with Crippen molar-refractivity contribution in [1.82, 2.24) is 24.9 Å². The third-order valence-corrected chi connectivity index (χ3v) is 6.23. The third-order valence-electron chi connectivity index (χ3n) is 4.98. The summed E-state index contributed by atoms with van der Waals surface area (Å²) in [6.07, 6.45) is 0. The summed E-state index contributed by atoms with van der Waals surface area (Å²) in [4.78, 5) is 4.47. The molecule has 3 aromatic carbocycles. The van der Waals surface area contributed by atoms with Crippen LogP contribution in [0.15, 0.2) is 82.5 Å². The third kappa shape index (κ3) is 4.27. The summed E-state index contributed by atoms with van der Waals surface area (Å²) in [6.45, 7) is 0. The van der Waals surface area contributed by atoms with E-state index in [0.717, 1.165) is 5.56 Å². The van der Waals surface area contributed by atoms with E-state index in [2.05, 4.69) is 20.3 Å². The molecule has 0 aliphatic rings. The number of aromatic nitrogens is 5. The molecule has 0 radical (unpaired) electrons. The standard InChI is InChI=1S/C24H17ClFN5O2S/c1-32-20-13-7-3-9-16(20)22-27-21(33-30-22)14-34-24-29-28-23(15-8-2-4-10-17(15)25)31(24)19-12-6-5-11-18(19)26/h2-13H,14H2,1H3. The second-order valence-electron chi connectivity index (χ2n) is 7.07. The van der Waals surface area contributed by atoms with E-state index in [0.29, 0.717) is 50.5 Å². The Balaban J connectivity index is 1.48. The molecule has 0 saturated carbocycles. The van der Waals surface area contributed by atoms with Gasteiger partial charge < -0.3 is 9.26 Å². The molecule has 0 atom stereocenters. The summed E-state index contributed by atoms with van der Waals surface area (Å²) in [5.74, 6) is 1.77. The number of ether oxygens (including phenoxy) is 1. The molecule has 2 heterocycles. The number of halogens is 2. The smallest absolute Gasteiger partial charge is 0.237 e. The van der Waals surface area contributed by atoms with Crippen molar-refractivity contribution in [3.05, 3.63) is 89.5 Å². The number of benzene rings is 3. The first-order valence-electron chi connectivity index (χ1n) is 10.2. The maximum absolute atomic E-state index is 14.8. The van der Waals surface area contributed by atoms with Crippen LogP contribution >= 0.6 is 23.4 Å². The fourth-order valence-corrected chi connectivity index (χ4v) is 4.41. The average Bonchev–Trinajstić information content (AvgIpc) is 3.50. The highest BCUT2D eigenvalue weighted by Gasteiger charge is 2.21. The molecule has 170 valence electrons. The quantitative estimate of drug-likeness (QED) is 0.254. The highest BCUT2D eigenvalue weighted by atomic mass is 35.5. The topological polar surface area (TPSA) is 78.9 Å². The Labute approximate surface area is 203 Å². The van der Waals surface area contributed by atoms with Crippen LogP contribution in [0.2, 0.25) is 5.02 Å². The lowest BCUT2D eigenvalue weighted by atomic mass is 10.2. The lowest BCUT2D eigenvalue weighted by molar-refractivity contribution is 0.390. The minimum Gasteiger partial charge on any atom is -0.496 e. The van der Waals surface area contributed by atoms with Crippen LogP contribution in [0.5, 0.6) is 5.75 Å². The van der Waals surface area contributed by atoms with E-state index >= 15 is 0 Å². The van der Waals surface area contributed by atoms with Crippen molar-refractivity contribution in [3.8, 4) is 34.2 Å². The van der Waals surface area contributed by atoms with Gasteiger partial charge in [-0.05, 0) is 36.4 Å².